The second-order valence-electron chi connectivity index (χ2n) is 2.48. The molecule has 0 spiro atoms. The van der Waals surface area contributed by atoms with Crippen molar-refractivity contribution in [3.05, 3.63) is 0 Å². The third kappa shape index (κ3) is 2.48. The molecule has 0 saturated carbocycles. The number of nitrogens with two attached hydrogens (primary N) is 1. The van der Waals surface area contributed by atoms with E-state index in [1.54, 1.807) is 0 Å². The Bertz CT molecular complexity index is 194. The van der Waals surface area contributed by atoms with Crippen LogP contribution in [-0.4, -0.2) is 31.0 Å². The first-order valence-electron chi connectivity index (χ1n) is 3.63. The fourth-order valence-corrected chi connectivity index (χ4v) is 0.853. The average Bonchev–Trinajstić information content (AvgIpc) is 2.47. The number of hydroxylamine groups is 1. The van der Waals surface area contributed by atoms with E-state index < -0.39 is 0 Å². The van der Waals surface area contributed by atoms with Crippen molar-refractivity contribution in [3.63, 3.8) is 0 Å². The van der Waals surface area contributed by atoms with Crippen molar-refractivity contribution in [1.82, 2.24) is 10.8 Å². The monoisotopic (exact) mass is 173 g/mol. The lowest BCUT2D eigenvalue weighted by molar-refractivity contribution is -0.124. The Morgan fingerprint density at radius 1 is 1.83 bits per heavy atom. The van der Waals surface area contributed by atoms with Crippen molar-refractivity contribution in [2.24, 2.45) is 5.73 Å². The van der Waals surface area contributed by atoms with E-state index >= 15 is 0 Å². The van der Waals surface area contributed by atoms with Crippen LogP contribution < -0.4 is 16.5 Å². The van der Waals surface area contributed by atoms with Crippen LogP contribution in [0, 0.1) is 0 Å². The van der Waals surface area contributed by atoms with E-state index in [9.17, 15) is 9.59 Å². The lowest BCUT2D eigenvalue weighted by Crippen LogP contribution is -2.36. The third-order valence-corrected chi connectivity index (χ3v) is 1.46. The highest BCUT2D eigenvalue weighted by atomic mass is 16.7. The lowest BCUT2D eigenvalue weighted by Gasteiger charge is -2.06. The van der Waals surface area contributed by atoms with Gasteiger partial charge in [0.15, 0.2) is 0 Å². The third-order valence-electron chi connectivity index (χ3n) is 1.46. The highest BCUT2D eigenvalue weighted by Crippen LogP contribution is 2.02. The zero-order valence-electron chi connectivity index (χ0n) is 6.50. The van der Waals surface area contributed by atoms with Crippen molar-refractivity contribution < 1.29 is 14.4 Å². The summed E-state index contributed by atoms with van der Waals surface area (Å²) in [6.45, 7) is 0.267. The van der Waals surface area contributed by atoms with Gasteiger partial charge in [-0.05, 0) is 0 Å². The molecule has 1 rings (SSSR count). The first-order chi connectivity index (χ1) is 5.72. The SMILES string of the molecule is NCC(=O)NCC1CC(=O)NO1. The van der Waals surface area contributed by atoms with Crippen LogP contribution in [0.25, 0.3) is 0 Å². The number of hydrogen-bond acceptors (Lipinski definition) is 4. The summed E-state index contributed by atoms with van der Waals surface area (Å²) in [5.41, 5.74) is 7.24. The summed E-state index contributed by atoms with van der Waals surface area (Å²) in [7, 11) is 0. The van der Waals surface area contributed by atoms with E-state index in [0.717, 1.165) is 0 Å². The van der Waals surface area contributed by atoms with E-state index in [2.05, 4.69) is 10.8 Å². The molecule has 1 fully saturated rings. The fraction of sp³-hybridized carbons (Fsp3) is 0.667. The standard InChI is InChI=1S/C6H11N3O3/c7-2-6(11)8-3-4-1-5(10)9-12-4/h4H,1-3,7H2,(H,8,11)(H,9,10). The Morgan fingerprint density at radius 2 is 2.58 bits per heavy atom. The van der Waals surface area contributed by atoms with Crippen LogP contribution in [0.15, 0.2) is 0 Å². The number of amides is 2. The molecular weight excluding hydrogens is 162 g/mol. The normalized spacial score (nSPS) is 22.1. The maximum atomic E-state index is 10.7. The molecule has 6 nitrogen and oxygen atoms in total. The van der Waals surface area contributed by atoms with Crippen molar-refractivity contribution in [2.75, 3.05) is 13.1 Å². The van der Waals surface area contributed by atoms with Gasteiger partial charge in [0.1, 0.15) is 6.10 Å². The molecule has 2 amide bonds. The maximum absolute atomic E-state index is 10.7. The van der Waals surface area contributed by atoms with E-state index in [4.69, 9.17) is 10.6 Å². The largest absolute Gasteiger partial charge is 0.352 e. The minimum absolute atomic E-state index is 0.0475. The van der Waals surface area contributed by atoms with Gasteiger partial charge in [0, 0.05) is 6.54 Å². The van der Waals surface area contributed by atoms with Gasteiger partial charge in [-0.25, -0.2) is 5.48 Å². The minimum atomic E-state index is -0.270. The first kappa shape index (κ1) is 8.95. The van der Waals surface area contributed by atoms with Gasteiger partial charge < -0.3 is 11.1 Å². The van der Waals surface area contributed by atoms with Crippen molar-refractivity contribution in [3.8, 4) is 0 Å². The molecule has 1 atom stereocenters. The average molecular weight is 173 g/mol. The molecule has 0 aromatic carbocycles. The summed E-state index contributed by atoms with van der Waals surface area (Å²) >= 11 is 0. The summed E-state index contributed by atoms with van der Waals surface area (Å²) in [4.78, 5) is 26.1. The first-order valence-corrected chi connectivity index (χ1v) is 3.63. The van der Waals surface area contributed by atoms with Gasteiger partial charge in [-0.2, -0.15) is 0 Å². The molecule has 0 aromatic heterocycles. The Balaban J connectivity index is 2.16. The lowest BCUT2D eigenvalue weighted by atomic mass is 10.2. The van der Waals surface area contributed by atoms with Gasteiger partial charge in [-0.15, -0.1) is 0 Å². The van der Waals surface area contributed by atoms with Gasteiger partial charge in [-0.3, -0.25) is 14.4 Å². The molecule has 1 heterocycles. The quantitative estimate of drug-likeness (QED) is 0.455. The molecule has 68 valence electrons. The van der Waals surface area contributed by atoms with Crippen molar-refractivity contribution in [2.45, 2.75) is 12.5 Å². The van der Waals surface area contributed by atoms with Gasteiger partial charge in [-0.1, -0.05) is 0 Å². The van der Waals surface area contributed by atoms with Crippen LogP contribution in [0.1, 0.15) is 6.42 Å². The predicted molar refractivity (Wildman–Crippen MR) is 39.7 cm³/mol. The van der Waals surface area contributed by atoms with Crippen LogP contribution >= 0.6 is 0 Å². The molecule has 0 bridgehead atoms. The summed E-state index contributed by atoms with van der Waals surface area (Å²) in [5, 5.41) is 2.51. The van der Waals surface area contributed by atoms with E-state index in [1.165, 1.54) is 0 Å². The second kappa shape index (κ2) is 4.03. The van der Waals surface area contributed by atoms with Crippen LogP contribution in [0.4, 0.5) is 0 Å². The van der Waals surface area contributed by atoms with Gasteiger partial charge in [0.25, 0.3) is 0 Å². The molecule has 4 N–H and O–H groups in total. The van der Waals surface area contributed by atoms with Crippen LogP contribution in [-0.2, 0) is 14.4 Å². The molecule has 1 saturated heterocycles. The second-order valence-corrected chi connectivity index (χ2v) is 2.48. The topological polar surface area (TPSA) is 93.5 Å². The van der Waals surface area contributed by atoms with E-state index in [0.29, 0.717) is 6.54 Å². The van der Waals surface area contributed by atoms with Crippen molar-refractivity contribution in [1.29, 1.82) is 0 Å². The van der Waals surface area contributed by atoms with Crippen LogP contribution in [0.5, 0.6) is 0 Å². The van der Waals surface area contributed by atoms with Gasteiger partial charge in [0.2, 0.25) is 11.8 Å². The Kier molecular flexibility index (Phi) is 3.01. The van der Waals surface area contributed by atoms with Crippen LogP contribution in [0.3, 0.4) is 0 Å². The van der Waals surface area contributed by atoms with E-state index in [-0.39, 0.29) is 30.9 Å². The number of nitrogens with one attached hydrogen (secondary N) is 2. The number of carbonyl (C=O) groups excluding carboxylic acids is 2. The predicted octanol–water partition coefficient (Wildman–Crippen LogP) is -2.12. The Morgan fingerprint density at radius 3 is 3.08 bits per heavy atom. The molecule has 6 heteroatoms. The van der Waals surface area contributed by atoms with Crippen LogP contribution in [0.2, 0.25) is 0 Å². The highest BCUT2D eigenvalue weighted by molar-refractivity contribution is 5.78. The van der Waals surface area contributed by atoms with E-state index in [1.807, 2.05) is 0 Å². The van der Waals surface area contributed by atoms with Gasteiger partial charge >= 0.3 is 0 Å². The number of rotatable bonds is 3. The number of hydrogen-bond donors (Lipinski definition) is 3. The summed E-state index contributed by atoms with van der Waals surface area (Å²) < 4.78 is 0. The highest BCUT2D eigenvalue weighted by Gasteiger charge is 2.22. The zero-order chi connectivity index (χ0) is 8.97. The number of carbonyl (C=O) groups is 2. The Labute approximate surface area is 69.4 Å². The molecule has 1 aliphatic rings. The summed E-state index contributed by atoms with van der Waals surface area (Å²) in [6.07, 6.45) is 0.0122. The summed E-state index contributed by atoms with van der Waals surface area (Å²) in [6, 6.07) is 0. The minimum Gasteiger partial charge on any atom is -0.352 e. The molecule has 0 aromatic rings. The van der Waals surface area contributed by atoms with Crippen molar-refractivity contribution >= 4 is 11.8 Å². The molecule has 1 aliphatic heterocycles. The smallest absolute Gasteiger partial charge is 0.246 e. The zero-order valence-corrected chi connectivity index (χ0v) is 6.50. The Hall–Kier alpha value is -1.14. The molecule has 0 aliphatic carbocycles. The van der Waals surface area contributed by atoms with Gasteiger partial charge in [0.05, 0.1) is 13.0 Å². The molecule has 0 radical (unpaired) electrons. The molecule has 1 unspecified atom stereocenters. The molecule has 12 heavy (non-hydrogen) atoms. The maximum Gasteiger partial charge on any atom is 0.246 e. The summed E-state index contributed by atoms with van der Waals surface area (Å²) in [5.74, 6) is -0.417. The molecular formula is C6H11N3O3. The fourth-order valence-electron chi connectivity index (χ4n) is 0.853.